The summed E-state index contributed by atoms with van der Waals surface area (Å²) >= 11 is 0. The Balaban J connectivity index is 1.99. The van der Waals surface area contributed by atoms with Crippen LogP contribution in [0.25, 0.3) is 0 Å². The highest BCUT2D eigenvalue weighted by Crippen LogP contribution is 2.37. The van der Waals surface area contributed by atoms with E-state index >= 15 is 0 Å². The van der Waals surface area contributed by atoms with Gasteiger partial charge in [-0.2, -0.15) is 0 Å². The minimum atomic E-state index is -2.38. The quantitative estimate of drug-likeness (QED) is 0.554. The van der Waals surface area contributed by atoms with Crippen LogP contribution in [-0.4, -0.2) is 27.6 Å². The zero-order valence-corrected chi connectivity index (χ0v) is 16.9. The van der Waals surface area contributed by atoms with E-state index < -0.39 is 8.32 Å². The summed E-state index contributed by atoms with van der Waals surface area (Å²) in [6.45, 7) is 11.0. The molecule has 0 N–H and O–H groups in total. The summed E-state index contributed by atoms with van der Waals surface area (Å²) in [6, 6.07) is 21.7. The van der Waals surface area contributed by atoms with E-state index in [9.17, 15) is 0 Å². The van der Waals surface area contributed by atoms with Crippen molar-refractivity contribution in [1.82, 2.24) is 0 Å². The van der Waals surface area contributed by atoms with Crippen molar-refractivity contribution in [2.75, 3.05) is 13.2 Å². The molecule has 1 unspecified atom stereocenters. The number of rotatable bonds is 7. The molecule has 0 aromatic heterocycles. The average molecular weight is 355 g/mol. The Morgan fingerprint density at radius 2 is 1.48 bits per heavy atom. The van der Waals surface area contributed by atoms with Crippen LogP contribution in [0.2, 0.25) is 5.04 Å². The van der Waals surface area contributed by atoms with Crippen LogP contribution in [0.15, 0.2) is 60.7 Å². The summed E-state index contributed by atoms with van der Waals surface area (Å²) in [5.41, 5.74) is 0. The fourth-order valence-electron chi connectivity index (χ4n) is 3.75. The second-order valence-corrected chi connectivity index (χ2v) is 12.6. The lowest BCUT2D eigenvalue weighted by Crippen LogP contribution is -2.66. The molecule has 1 fully saturated rings. The molecule has 0 bridgehead atoms. The molecule has 3 rings (SSSR count). The third-order valence-corrected chi connectivity index (χ3v) is 10.1. The van der Waals surface area contributed by atoms with Gasteiger partial charge in [-0.3, -0.25) is 0 Å². The van der Waals surface area contributed by atoms with Gasteiger partial charge in [0.1, 0.15) is 0 Å². The standard InChI is InChI=1S/C22H30O2Si/c1-18(15-19-17-23-19)16-24-25(22(2,3)4,20-11-7-5-8-12-20)21-13-9-6-10-14-21/h5-14,18-19H,15-17H2,1-4H3/t18-,19?/m0/s1. The van der Waals surface area contributed by atoms with Gasteiger partial charge >= 0.3 is 0 Å². The lowest BCUT2D eigenvalue weighted by atomic mass is 10.1. The van der Waals surface area contributed by atoms with Gasteiger partial charge in [-0.25, -0.2) is 0 Å². The Morgan fingerprint density at radius 1 is 1.00 bits per heavy atom. The van der Waals surface area contributed by atoms with Gasteiger partial charge in [0.15, 0.2) is 0 Å². The van der Waals surface area contributed by atoms with Gasteiger partial charge in [-0.15, -0.1) is 0 Å². The first-order valence-corrected chi connectivity index (χ1v) is 11.2. The zero-order chi connectivity index (χ0) is 17.9. The molecule has 2 aromatic rings. The summed E-state index contributed by atoms with van der Waals surface area (Å²) in [6.07, 6.45) is 1.55. The van der Waals surface area contributed by atoms with Crippen LogP contribution in [0, 0.1) is 5.92 Å². The van der Waals surface area contributed by atoms with Crippen LogP contribution in [0.5, 0.6) is 0 Å². The molecular formula is C22H30O2Si. The third-order valence-electron chi connectivity index (χ3n) is 5.07. The topological polar surface area (TPSA) is 21.8 Å². The Bertz CT molecular complexity index is 620. The van der Waals surface area contributed by atoms with Crippen molar-refractivity contribution < 1.29 is 9.16 Å². The van der Waals surface area contributed by atoms with E-state index in [0.29, 0.717) is 12.0 Å². The van der Waals surface area contributed by atoms with Gasteiger partial charge < -0.3 is 9.16 Å². The lowest BCUT2D eigenvalue weighted by Gasteiger charge is -2.43. The normalized spacial score (nSPS) is 18.8. The number of benzene rings is 2. The predicted octanol–water partition coefficient (Wildman–Crippen LogP) is 3.99. The van der Waals surface area contributed by atoms with Gasteiger partial charge in [0.05, 0.1) is 12.7 Å². The molecule has 25 heavy (non-hydrogen) atoms. The highest BCUT2D eigenvalue weighted by Gasteiger charge is 2.50. The van der Waals surface area contributed by atoms with Crippen LogP contribution >= 0.6 is 0 Å². The molecule has 1 saturated heterocycles. The minimum absolute atomic E-state index is 0.0471. The van der Waals surface area contributed by atoms with E-state index in [0.717, 1.165) is 19.6 Å². The van der Waals surface area contributed by atoms with Crippen molar-refractivity contribution in [2.45, 2.75) is 45.3 Å². The van der Waals surface area contributed by atoms with E-state index in [1.807, 2.05) is 0 Å². The highest BCUT2D eigenvalue weighted by atomic mass is 28.4. The van der Waals surface area contributed by atoms with Crippen molar-refractivity contribution in [3.8, 4) is 0 Å². The van der Waals surface area contributed by atoms with Crippen molar-refractivity contribution >= 4 is 18.7 Å². The second kappa shape index (κ2) is 7.44. The van der Waals surface area contributed by atoms with Crippen molar-refractivity contribution in [3.05, 3.63) is 60.7 Å². The van der Waals surface area contributed by atoms with E-state index in [-0.39, 0.29) is 5.04 Å². The Hall–Kier alpha value is -1.42. The molecule has 2 aromatic carbocycles. The number of epoxide rings is 1. The summed E-state index contributed by atoms with van der Waals surface area (Å²) < 4.78 is 12.3. The maximum Gasteiger partial charge on any atom is 0.261 e. The van der Waals surface area contributed by atoms with Gasteiger partial charge in [0.2, 0.25) is 0 Å². The first-order chi connectivity index (χ1) is 11.9. The van der Waals surface area contributed by atoms with Gasteiger partial charge in [-0.05, 0) is 27.8 Å². The molecule has 1 heterocycles. The average Bonchev–Trinajstić information content (AvgIpc) is 3.40. The number of hydrogen-bond donors (Lipinski definition) is 0. The lowest BCUT2D eigenvalue weighted by molar-refractivity contribution is 0.226. The van der Waals surface area contributed by atoms with Gasteiger partial charge in [0.25, 0.3) is 8.32 Å². The van der Waals surface area contributed by atoms with Gasteiger partial charge in [-0.1, -0.05) is 88.4 Å². The summed E-state index contributed by atoms with van der Waals surface area (Å²) in [5.74, 6) is 0.508. The molecule has 1 aliphatic rings. The fourth-order valence-corrected chi connectivity index (χ4v) is 8.44. The predicted molar refractivity (Wildman–Crippen MR) is 107 cm³/mol. The molecule has 0 saturated carbocycles. The molecule has 3 heteroatoms. The molecule has 0 radical (unpaired) electrons. The van der Waals surface area contributed by atoms with Crippen LogP contribution in [0.3, 0.4) is 0 Å². The SMILES string of the molecule is C[C@H](CO[Si](c1ccccc1)(c1ccccc1)C(C)(C)C)CC1CO1. The van der Waals surface area contributed by atoms with Crippen molar-refractivity contribution in [1.29, 1.82) is 0 Å². The third kappa shape index (κ3) is 4.05. The number of ether oxygens (including phenoxy) is 1. The summed E-state index contributed by atoms with van der Waals surface area (Å²) in [5, 5.41) is 2.75. The van der Waals surface area contributed by atoms with Crippen LogP contribution in [-0.2, 0) is 9.16 Å². The first-order valence-electron chi connectivity index (χ1n) is 9.30. The summed E-state index contributed by atoms with van der Waals surface area (Å²) in [7, 11) is -2.38. The molecule has 2 atom stereocenters. The Kier molecular flexibility index (Phi) is 5.47. The minimum Gasteiger partial charge on any atom is -0.407 e. The van der Waals surface area contributed by atoms with E-state index in [2.05, 4.69) is 88.4 Å². The second-order valence-electron chi connectivity index (χ2n) is 8.27. The molecule has 134 valence electrons. The molecule has 0 spiro atoms. The Morgan fingerprint density at radius 3 is 1.88 bits per heavy atom. The van der Waals surface area contributed by atoms with E-state index in [1.165, 1.54) is 10.4 Å². The van der Waals surface area contributed by atoms with E-state index in [4.69, 9.17) is 9.16 Å². The van der Waals surface area contributed by atoms with Crippen molar-refractivity contribution in [2.24, 2.45) is 5.92 Å². The highest BCUT2D eigenvalue weighted by molar-refractivity contribution is 6.99. The van der Waals surface area contributed by atoms with Crippen molar-refractivity contribution in [3.63, 3.8) is 0 Å². The first kappa shape index (κ1) is 18.4. The monoisotopic (exact) mass is 354 g/mol. The number of hydrogen-bond acceptors (Lipinski definition) is 2. The fraction of sp³-hybridized carbons (Fsp3) is 0.455. The molecule has 1 aliphatic heterocycles. The Labute approximate surface area is 153 Å². The maximum absolute atomic E-state index is 6.94. The summed E-state index contributed by atoms with van der Waals surface area (Å²) in [4.78, 5) is 0. The molecular weight excluding hydrogens is 324 g/mol. The maximum atomic E-state index is 6.94. The smallest absolute Gasteiger partial charge is 0.261 e. The zero-order valence-electron chi connectivity index (χ0n) is 15.9. The largest absolute Gasteiger partial charge is 0.407 e. The van der Waals surface area contributed by atoms with E-state index in [1.54, 1.807) is 0 Å². The van der Waals surface area contributed by atoms with Gasteiger partial charge in [0, 0.05) is 6.61 Å². The van der Waals surface area contributed by atoms with Crippen LogP contribution in [0.1, 0.15) is 34.1 Å². The molecule has 0 aliphatic carbocycles. The van der Waals surface area contributed by atoms with Crippen LogP contribution in [0.4, 0.5) is 0 Å². The molecule has 2 nitrogen and oxygen atoms in total. The molecule has 0 amide bonds. The van der Waals surface area contributed by atoms with Crippen LogP contribution < -0.4 is 10.4 Å².